The fourth-order valence-electron chi connectivity index (χ4n) is 3.39. The van der Waals surface area contributed by atoms with E-state index in [1.54, 1.807) is 55.6 Å². The molecule has 9 nitrogen and oxygen atoms in total. The minimum absolute atomic E-state index is 0.158. The van der Waals surface area contributed by atoms with Gasteiger partial charge in [0, 0.05) is 7.05 Å². The van der Waals surface area contributed by atoms with Gasteiger partial charge in [-0.1, -0.05) is 18.2 Å². The molecule has 1 aliphatic rings. The normalized spacial score (nSPS) is 15.3. The second-order valence-electron chi connectivity index (χ2n) is 7.92. The molecule has 37 heavy (non-hydrogen) atoms. The molecule has 4 rings (SSSR count). The second-order valence-corrected chi connectivity index (χ2v) is 8.93. The summed E-state index contributed by atoms with van der Waals surface area (Å²) in [6, 6.07) is 17.8. The Balaban J connectivity index is 1.48. The summed E-state index contributed by atoms with van der Waals surface area (Å²) in [4.78, 5) is 41.2. The van der Waals surface area contributed by atoms with E-state index in [1.165, 1.54) is 48.0 Å². The summed E-state index contributed by atoms with van der Waals surface area (Å²) in [5.41, 5.74) is 2.43. The van der Waals surface area contributed by atoms with E-state index in [2.05, 4.69) is 4.99 Å². The molecule has 1 fully saturated rings. The van der Waals surface area contributed by atoms with E-state index >= 15 is 0 Å². The first-order valence-corrected chi connectivity index (χ1v) is 11.8. The number of nitrogens with zero attached hydrogens (tertiary/aromatic N) is 2. The Labute approximate surface area is 216 Å². The zero-order chi connectivity index (χ0) is 26.5. The van der Waals surface area contributed by atoms with Crippen LogP contribution in [0, 0.1) is 0 Å². The average Bonchev–Trinajstić information content (AvgIpc) is 3.15. The summed E-state index contributed by atoms with van der Waals surface area (Å²) in [7, 11) is 3.14. The molecule has 1 amide bonds. The average molecular weight is 519 g/mol. The van der Waals surface area contributed by atoms with Gasteiger partial charge in [0.15, 0.2) is 16.7 Å². The quantitative estimate of drug-likeness (QED) is 0.403. The number of methoxy groups -OCH3 is 1. The molecule has 3 aromatic rings. The molecule has 0 aromatic heterocycles. The summed E-state index contributed by atoms with van der Waals surface area (Å²) in [5, 5.41) is 18.5. The van der Waals surface area contributed by atoms with Crippen molar-refractivity contribution >= 4 is 46.5 Å². The minimum Gasteiger partial charge on any atom is -0.493 e. The number of aliphatic imine (C=N–C) groups is 1. The van der Waals surface area contributed by atoms with Crippen LogP contribution in [-0.4, -0.2) is 52.3 Å². The first kappa shape index (κ1) is 25.5. The van der Waals surface area contributed by atoms with Crippen molar-refractivity contribution in [2.75, 3.05) is 14.2 Å². The Kier molecular flexibility index (Phi) is 7.59. The molecular formula is C27H22N2O7S. The standard InChI is InChI=1S/C27H22N2O7S/c1-29-24(30)23(37-27(29)28-20-10-8-19(9-11-20)26(33)34)14-17-5-12-21(22(13-17)35-2)36-15-16-3-6-18(7-4-16)25(31)32/h3-14H,15H2,1-2H3,(H,31,32)(H,33,34)/b23-14-,28-27?. The highest BCUT2D eigenvalue weighted by Crippen LogP contribution is 2.35. The molecule has 0 unspecified atom stereocenters. The number of carboxylic acids is 2. The van der Waals surface area contributed by atoms with Gasteiger partial charge in [0.05, 0.1) is 28.8 Å². The second kappa shape index (κ2) is 11.0. The van der Waals surface area contributed by atoms with Crippen LogP contribution in [0.15, 0.2) is 76.6 Å². The van der Waals surface area contributed by atoms with Gasteiger partial charge in [-0.3, -0.25) is 9.69 Å². The predicted molar refractivity (Wildman–Crippen MR) is 140 cm³/mol. The lowest BCUT2D eigenvalue weighted by Gasteiger charge is -2.12. The third-order valence-electron chi connectivity index (χ3n) is 5.42. The molecule has 3 aromatic carbocycles. The van der Waals surface area contributed by atoms with E-state index in [-0.39, 0.29) is 23.6 Å². The van der Waals surface area contributed by atoms with Crippen LogP contribution < -0.4 is 9.47 Å². The molecule has 0 saturated carbocycles. The first-order chi connectivity index (χ1) is 17.7. The lowest BCUT2D eigenvalue weighted by molar-refractivity contribution is -0.121. The van der Waals surface area contributed by atoms with Crippen LogP contribution in [0.1, 0.15) is 31.8 Å². The number of amidine groups is 1. The van der Waals surface area contributed by atoms with Gasteiger partial charge in [0.25, 0.3) is 5.91 Å². The van der Waals surface area contributed by atoms with Crippen LogP contribution in [0.5, 0.6) is 11.5 Å². The maximum absolute atomic E-state index is 12.8. The zero-order valence-electron chi connectivity index (χ0n) is 19.9. The Hall–Kier alpha value is -4.57. The summed E-state index contributed by atoms with van der Waals surface area (Å²) in [6.07, 6.45) is 1.73. The number of carbonyl (C=O) groups excluding carboxylic acids is 1. The van der Waals surface area contributed by atoms with Gasteiger partial charge in [0.2, 0.25) is 0 Å². The van der Waals surface area contributed by atoms with Crippen molar-refractivity contribution in [3.8, 4) is 11.5 Å². The fraction of sp³-hybridized carbons (Fsp3) is 0.111. The van der Waals surface area contributed by atoms with E-state index < -0.39 is 11.9 Å². The lowest BCUT2D eigenvalue weighted by atomic mass is 10.1. The highest BCUT2D eigenvalue weighted by atomic mass is 32.2. The topological polar surface area (TPSA) is 126 Å². The van der Waals surface area contributed by atoms with Crippen molar-refractivity contribution in [2.45, 2.75) is 6.61 Å². The van der Waals surface area contributed by atoms with Gasteiger partial charge in [-0.2, -0.15) is 0 Å². The van der Waals surface area contributed by atoms with Gasteiger partial charge in [-0.15, -0.1) is 0 Å². The van der Waals surface area contributed by atoms with Crippen molar-refractivity contribution in [3.05, 3.63) is 93.9 Å². The molecule has 2 N–H and O–H groups in total. The number of ether oxygens (including phenoxy) is 2. The number of thioether (sulfide) groups is 1. The number of amides is 1. The third-order valence-corrected chi connectivity index (χ3v) is 6.48. The number of carboxylic acid groups (broad SMARTS) is 2. The van der Waals surface area contributed by atoms with Crippen molar-refractivity contribution in [1.29, 1.82) is 0 Å². The van der Waals surface area contributed by atoms with E-state index in [0.717, 1.165) is 11.1 Å². The first-order valence-electron chi connectivity index (χ1n) is 11.0. The summed E-state index contributed by atoms with van der Waals surface area (Å²) < 4.78 is 11.3. The molecule has 0 aliphatic carbocycles. The molecule has 0 radical (unpaired) electrons. The number of rotatable bonds is 8. The molecule has 0 spiro atoms. The Morgan fingerprint density at radius 3 is 2.16 bits per heavy atom. The van der Waals surface area contributed by atoms with Crippen LogP contribution in [-0.2, 0) is 11.4 Å². The third kappa shape index (κ3) is 5.99. The van der Waals surface area contributed by atoms with E-state index in [9.17, 15) is 14.4 Å². The fourth-order valence-corrected chi connectivity index (χ4v) is 4.38. The summed E-state index contributed by atoms with van der Waals surface area (Å²) in [6.45, 7) is 0.225. The SMILES string of the molecule is COc1cc(/C=C2\SC(=Nc3ccc(C(=O)O)cc3)N(C)C2=O)ccc1OCc1ccc(C(=O)O)cc1. The van der Waals surface area contributed by atoms with Crippen molar-refractivity contribution in [2.24, 2.45) is 4.99 Å². The molecular weight excluding hydrogens is 496 g/mol. The molecule has 1 aliphatic heterocycles. The number of hydrogen-bond donors (Lipinski definition) is 2. The number of benzene rings is 3. The molecule has 1 saturated heterocycles. The van der Waals surface area contributed by atoms with Crippen molar-refractivity contribution < 1.29 is 34.1 Å². The van der Waals surface area contributed by atoms with E-state index in [1.807, 2.05) is 0 Å². The monoisotopic (exact) mass is 518 g/mol. The van der Waals surface area contributed by atoms with Crippen LogP contribution in [0.4, 0.5) is 5.69 Å². The van der Waals surface area contributed by atoms with E-state index in [4.69, 9.17) is 19.7 Å². The number of carbonyl (C=O) groups is 3. The zero-order valence-corrected chi connectivity index (χ0v) is 20.7. The molecule has 0 bridgehead atoms. The predicted octanol–water partition coefficient (Wildman–Crippen LogP) is 4.90. The molecule has 0 atom stereocenters. The number of hydrogen-bond acceptors (Lipinski definition) is 7. The van der Waals surface area contributed by atoms with Gasteiger partial charge >= 0.3 is 11.9 Å². The highest BCUT2D eigenvalue weighted by molar-refractivity contribution is 8.18. The molecule has 188 valence electrons. The summed E-state index contributed by atoms with van der Waals surface area (Å²) in [5.74, 6) is -1.24. The smallest absolute Gasteiger partial charge is 0.335 e. The van der Waals surface area contributed by atoms with Crippen LogP contribution in [0.2, 0.25) is 0 Å². The Morgan fingerprint density at radius 1 is 0.946 bits per heavy atom. The van der Waals surface area contributed by atoms with Gasteiger partial charge in [0.1, 0.15) is 6.61 Å². The number of aromatic carboxylic acids is 2. The van der Waals surface area contributed by atoms with Gasteiger partial charge in [-0.25, -0.2) is 14.6 Å². The van der Waals surface area contributed by atoms with Crippen molar-refractivity contribution in [3.63, 3.8) is 0 Å². The summed E-state index contributed by atoms with van der Waals surface area (Å²) >= 11 is 1.21. The van der Waals surface area contributed by atoms with Crippen LogP contribution in [0.25, 0.3) is 6.08 Å². The minimum atomic E-state index is -1.02. The maximum Gasteiger partial charge on any atom is 0.335 e. The molecule has 10 heteroatoms. The Morgan fingerprint density at radius 2 is 1.57 bits per heavy atom. The largest absolute Gasteiger partial charge is 0.493 e. The van der Waals surface area contributed by atoms with Crippen LogP contribution in [0.3, 0.4) is 0 Å². The number of likely N-dealkylation sites (N-methyl/N-ethyl adjacent to an activating group) is 1. The van der Waals surface area contributed by atoms with Gasteiger partial charge in [-0.05, 0) is 77.5 Å². The molecule has 1 heterocycles. The van der Waals surface area contributed by atoms with E-state index in [0.29, 0.717) is 27.3 Å². The van der Waals surface area contributed by atoms with Crippen molar-refractivity contribution in [1.82, 2.24) is 4.90 Å². The lowest BCUT2D eigenvalue weighted by Crippen LogP contribution is -2.23. The highest BCUT2D eigenvalue weighted by Gasteiger charge is 2.30. The van der Waals surface area contributed by atoms with Crippen LogP contribution >= 0.6 is 11.8 Å². The van der Waals surface area contributed by atoms with Gasteiger partial charge < -0.3 is 19.7 Å². The maximum atomic E-state index is 12.8. The Bertz CT molecular complexity index is 1410.